The lowest BCUT2D eigenvalue weighted by Crippen LogP contribution is -2.69. The van der Waals surface area contributed by atoms with Gasteiger partial charge in [0.15, 0.2) is 11.6 Å². The number of anilines is 1. The van der Waals surface area contributed by atoms with Crippen molar-refractivity contribution in [1.82, 2.24) is 4.98 Å². The largest absolute Gasteiger partial charge is 0.376 e. The molecule has 4 atom stereocenters. The molecule has 4 unspecified atom stereocenters. The van der Waals surface area contributed by atoms with Gasteiger partial charge in [0.25, 0.3) is 0 Å². The van der Waals surface area contributed by atoms with E-state index in [1.54, 1.807) is 0 Å². The standard InChI is InChI=1S/C12H15F2N3O/c13-6-4-8(14)12(16-5-6)17-10-9(15)7-2-1-3-18-11(7)10/h4-5,7,9-11H,1-3,15H2,(H,16,17). The SMILES string of the molecule is NC1C2CCCOC2C1Nc1ncc(F)cc1F. The first-order chi connectivity index (χ1) is 8.66. The minimum Gasteiger partial charge on any atom is -0.376 e. The summed E-state index contributed by atoms with van der Waals surface area (Å²) in [6.45, 7) is 0.714. The fraction of sp³-hybridized carbons (Fsp3) is 0.583. The Morgan fingerprint density at radius 2 is 2.28 bits per heavy atom. The summed E-state index contributed by atoms with van der Waals surface area (Å²) in [6, 6.07) is 0.586. The smallest absolute Gasteiger partial charge is 0.168 e. The number of rotatable bonds is 2. The Bertz CT molecular complexity index is 457. The Morgan fingerprint density at radius 3 is 3.06 bits per heavy atom. The number of nitrogens with zero attached hydrogens (tertiary/aromatic N) is 1. The van der Waals surface area contributed by atoms with Crippen LogP contribution < -0.4 is 11.1 Å². The van der Waals surface area contributed by atoms with E-state index in [1.165, 1.54) is 0 Å². The molecule has 0 amide bonds. The van der Waals surface area contributed by atoms with Gasteiger partial charge in [-0.2, -0.15) is 0 Å². The number of aromatic nitrogens is 1. The third-order valence-electron chi connectivity index (χ3n) is 3.79. The second-order valence-corrected chi connectivity index (χ2v) is 4.87. The van der Waals surface area contributed by atoms with Crippen molar-refractivity contribution in [3.05, 3.63) is 23.9 Å². The fourth-order valence-electron chi connectivity index (χ4n) is 2.80. The van der Waals surface area contributed by atoms with Crippen LogP contribution in [0.25, 0.3) is 0 Å². The minimum atomic E-state index is -0.707. The molecule has 1 saturated carbocycles. The predicted molar refractivity (Wildman–Crippen MR) is 62.0 cm³/mol. The summed E-state index contributed by atoms with van der Waals surface area (Å²) in [6.07, 6.45) is 3.06. The summed E-state index contributed by atoms with van der Waals surface area (Å²) in [5.74, 6) is -1.03. The van der Waals surface area contributed by atoms with Crippen LogP contribution in [0.4, 0.5) is 14.6 Å². The van der Waals surface area contributed by atoms with E-state index in [-0.39, 0.29) is 24.0 Å². The highest BCUT2D eigenvalue weighted by Gasteiger charge is 2.50. The van der Waals surface area contributed by atoms with Crippen molar-refractivity contribution in [3.8, 4) is 0 Å². The summed E-state index contributed by atoms with van der Waals surface area (Å²) in [5.41, 5.74) is 6.04. The predicted octanol–water partition coefficient (Wildman–Crippen LogP) is 1.28. The normalized spacial score (nSPS) is 34.6. The van der Waals surface area contributed by atoms with Crippen LogP contribution in [0.1, 0.15) is 12.8 Å². The Morgan fingerprint density at radius 1 is 1.44 bits per heavy atom. The summed E-state index contributed by atoms with van der Waals surface area (Å²) < 4.78 is 31.9. The molecule has 3 N–H and O–H groups in total. The zero-order valence-electron chi connectivity index (χ0n) is 9.77. The molecule has 2 heterocycles. The highest BCUT2D eigenvalue weighted by molar-refractivity contribution is 5.39. The van der Waals surface area contributed by atoms with E-state index in [0.29, 0.717) is 12.5 Å². The molecular formula is C12H15F2N3O. The van der Waals surface area contributed by atoms with Crippen molar-refractivity contribution < 1.29 is 13.5 Å². The monoisotopic (exact) mass is 255 g/mol. The molecule has 1 aromatic heterocycles. The van der Waals surface area contributed by atoms with E-state index in [1.807, 2.05) is 0 Å². The van der Waals surface area contributed by atoms with E-state index in [4.69, 9.17) is 10.5 Å². The van der Waals surface area contributed by atoms with E-state index in [9.17, 15) is 8.78 Å². The highest BCUT2D eigenvalue weighted by atomic mass is 19.1. The summed E-state index contributed by atoms with van der Waals surface area (Å²) in [5, 5.41) is 2.92. The number of nitrogens with one attached hydrogen (secondary N) is 1. The molecule has 6 heteroatoms. The maximum absolute atomic E-state index is 13.5. The topological polar surface area (TPSA) is 60.2 Å². The fourth-order valence-corrected chi connectivity index (χ4v) is 2.80. The van der Waals surface area contributed by atoms with Crippen LogP contribution in [-0.4, -0.2) is 29.8 Å². The van der Waals surface area contributed by atoms with E-state index >= 15 is 0 Å². The van der Waals surface area contributed by atoms with E-state index in [0.717, 1.165) is 25.1 Å². The maximum atomic E-state index is 13.5. The molecule has 2 aliphatic rings. The third-order valence-corrected chi connectivity index (χ3v) is 3.79. The molecule has 1 aromatic rings. The molecule has 3 rings (SSSR count). The van der Waals surface area contributed by atoms with Crippen molar-refractivity contribution in [2.45, 2.75) is 31.0 Å². The van der Waals surface area contributed by atoms with E-state index < -0.39 is 11.6 Å². The number of nitrogens with two attached hydrogens (primary N) is 1. The first-order valence-corrected chi connectivity index (χ1v) is 6.11. The van der Waals surface area contributed by atoms with Crippen LogP contribution in [0.5, 0.6) is 0 Å². The van der Waals surface area contributed by atoms with Gasteiger partial charge in [-0.05, 0) is 12.8 Å². The molecule has 0 aromatic carbocycles. The first-order valence-electron chi connectivity index (χ1n) is 6.11. The van der Waals surface area contributed by atoms with Gasteiger partial charge in [-0.15, -0.1) is 0 Å². The molecular weight excluding hydrogens is 240 g/mol. The van der Waals surface area contributed by atoms with Gasteiger partial charge in [-0.1, -0.05) is 0 Å². The minimum absolute atomic E-state index is 0.0139. The molecule has 2 fully saturated rings. The Kier molecular flexibility index (Phi) is 2.91. The quantitative estimate of drug-likeness (QED) is 0.835. The average Bonchev–Trinajstić information content (AvgIpc) is 2.37. The Hall–Kier alpha value is -1.27. The number of hydrogen-bond donors (Lipinski definition) is 2. The van der Waals surface area contributed by atoms with Gasteiger partial charge < -0.3 is 15.8 Å². The van der Waals surface area contributed by atoms with Gasteiger partial charge >= 0.3 is 0 Å². The maximum Gasteiger partial charge on any atom is 0.168 e. The lowest BCUT2D eigenvalue weighted by atomic mass is 9.68. The molecule has 0 spiro atoms. The first kappa shape index (κ1) is 11.8. The summed E-state index contributed by atoms with van der Waals surface area (Å²) in [7, 11) is 0. The molecule has 18 heavy (non-hydrogen) atoms. The number of halogens is 2. The Balaban J connectivity index is 1.73. The van der Waals surface area contributed by atoms with Crippen molar-refractivity contribution >= 4 is 5.82 Å². The van der Waals surface area contributed by atoms with Crippen LogP contribution in [0.15, 0.2) is 12.3 Å². The second kappa shape index (κ2) is 4.44. The van der Waals surface area contributed by atoms with Gasteiger partial charge in [-0.3, -0.25) is 0 Å². The summed E-state index contributed by atoms with van der Waals surface area (Å²) >= 11 is 0. The van der Waals surface area contributed by atoms with Gasteiger partial charge in [0.05, 0.1) is 18.3 Å². The Labute approximate surface area is 104 Å². The lowest BCUT2D eigenvalue weighted by molar-refractivity contribution is -0.104. The zero-order chi connectivity index (χ0) is 12.7. The molecule has 1 saturated heterocycles. The van der Waals surface area contributed by atoms with Gasteiger partial charge in [0.1, 0.15) is 5.82 Å². The van der Waals surface area contributed by atoms with Crippen LogP contribution in [0.2, 0.25) is 0 Å². The van der Waals surface area contributed by atoms with Crippen molar-refractivity contribution in [3.63, 3.8) is 0 Å². The van der Waals surface area contributed by atoms with Crippen LogP contribution in [-0.2, 0) is 4.74 Å². The molecule has 1 aliphatic heterocycles. The number of fused-ring (bicyclic) bond motifs is 1. The van der Waals surface area contributed by atoms with Crippen molar-refractivity contribution in [1.29, 1.82) is 0 Å². The zero-order valence-corrected chi connectivity index (χ0v) is 9.77. The molecule has 4 nitrogen and oxygen atoms in total. The molecule has 1 aliphatic carbocycles. The number of pyridine rings is 1. The molecule has 0 bridgehead atoms. The summed E-state index contributed by atoms with van der Waals surface area (Å²) in [4.78, 5) is 3.70. The average molecular weight is 255 g/mol. The molecule has 0 radical (unpaired) electrons. The van der Waals surface area contributed by atoms with Crippen molar-refractivity contribution in [2.24, 2.45) is 11.7 Å². The number of ether oxygens (including phenoxy) is 1. The van der Waals surface area contributed by atoms with Crippen LogP contribution in [0.3, 0.4) is 0 Å². The van der Waals surface area contributed by atoms with Gasteiger partial charge in [0.2, 0.25) is 0 Å². The van der Waals surface area contributed by atoms with Gasteiger partial charge in [0, 0.05) is 24.6 Å². The second-order valence-electron chi connectivity index (χ2n) is 4.87. The third kappa shape index (κ3) is 1.85. The lowest BCUT2D eigenvalue weighted by Gasteiger charge is -2.52. The highest BCUT2D eigenvalue weighted by Crippen LogP contribution is 2.38. The van der Waals surface area contributed by atoms with E-state index in [2.05, 4.69) is 10.3 Å². The van der Waals surface area contributed by atoms with Gasteiger partial charge in [-0.25, -0.2) is 13.8 Å². The molecule has 98 valence electrons. The number of hydrogen-bond acceptors (Lipinski definition) is 4. The van der Waals surface area contributed by atoms with Crippen LogP contribution in [0, 0.1) is 17.6 Å². The van der Waals surface area contributed by atoms with Crippen molar-refractivity contribution in [2.75, 3.05) is 11.9 Å². The van der Waals surface area contributed by atoms with Crippen LogP contribution >= 0.6 is 0 Å².